The lowest BCUT2D eigenvalue weighted by atomic mass is 9.97. The summed E-state index contributed by atoms with van der Waals surface area (Å²) < 4.78 is 29.9. The minimum absolute atomic E-state index is 0.00616. The Labute approximate surface area is 194 Å². The van der Waals surface area contributed by atoms with Gasteiger partial charge in [0, 0.05) is 32.1 Å². The van der Waals surface area contributed by atoms with Crippen LogP contribution in [-0.4, -0.2) is 47.8 Å². The Kier molecular flexibility index (Phi) is 5.97. The van der Waals surface area contributed by atoms with Gasteiger partial charge in [-0.15, -0.1) is 0 Å². The zero-order valence-electron chi connectivity index (χ0n) is 19.0. The van der Waals surface area contributed by atoms with E-state index in [1.165, 1.54) is 9.87 Å². The molecule has 0 unspecified atom stereocenters. The van der Waals surface area contributed by atoms with E-state index >= 15 is 0 Å². The number of aromatic nitrogens is 2. The first-order chi connectivity index (χ1) is 15.9. The zero-order valence-corrected chi connectivity index (χ0v) is 19.8. The van der Waals surface area contributed by atoms with Crippen LogP contribution in [0.1, 0.15) is 36.2 Å². The summed E-state index contributed by atoms with van der Waals surface area (Å²) in [6.45, 7) is 3.90. The van der Waals surface area contributed by atoms with Gasteiger partial charge in [0.25, 0.3) is 0 Å². The molecular formula is C25H30N4O3S. The van der Waals surface area contributed by atoms with Crippen molar-refractivity contribution in [2.24, 2.45) is 5.92 Å². The van der Waals surface area contributed by atoms with Crippen LogP contribution >= 0.6 is 0 Å². The first-order valence-electron chi connectivity index (χ1n) is 11.7. The molecule has 0 atom stereocenters. The van der Waals surface area contributed by atoms with Crippen LogP contribution in [0.3, 0.4) is 0 Å². The molecule has 3 aromatic rings. The van der Waals surface area contributed by atoms with Crippen molar-refractivity contribution < 1.29 is 13.2 Å². The SMILES string of the molecule is Cc1nc2ccccc2n1CCNC(=O)C1CCN(S(=O)(=O)c2ccc3c(c2)CCC3)CC1. The van der Waals surface area contributed by atoms with Crippen molar-refractivity contribution in [2.45, 2.75) is 50.5 Å². The maximum absolute atomic E-state index is 13.1. The number of imidazole rings is 1. The molecule has 8 heteroatoms. The third kappa shape index (κ3) is 4.29. The summed E-state index contributed by atoms with van der Waals surface area (Å²) in [7, 11) is -3.51. The highest BCUT2D eigenvalue weighted by molar-refractivity contribution is 7.89. The number of nitrogens with zero attached hydrogens (tertiary/aromatic N) is 3. The maximum Gasteiger partial charge on any atom is 0.243 e. The van der Waals surface area contributed by atoms with E-state index in [1.54, 1.807) is 6.07 Å². The summed E-state index contributed by atoms with van der Waals surface area (Å²) in [6, 6.07) is 13.5. The minimum Gasteiger partial charge on any atom is -0.354 e. The van der Waals surface area contributed by atoms with Gasteiger partial charge in [0.2, 0.25) is 15.9 Å². The maximum atomic E-state index is 13.1. The molecule has 7 nitrogen and oxygen atoms in total. The van der Waals surface area contributed by atoms with Crippen molar-refractivity contribution in [1.29, 1.82) is 0 Å². The molecule has 0 spiro atoms. The number of para-hydroxylation sites is 2. The number of aryl methyl sites for hydroxylation is 3. The van der Waals surface area contributed by atoms with Gasteiger partial charge in [0.15, 0.2) is 0 Å². The number of amides is 1. The molecule has 2 aliphatic rings. The van der Waals surface area contributed by atoms with Gasteiger partial charge < -0.3 is 9.88 Å². The number of rotatable bonds is 6. The van der Waals surface area contributed by atoms with E-state index in [-0.39, 0.29) is 11.8 Å². The van der Waals surface area contributed by atoms with Gasteiger partial charge in [0.05, 0.1) is 15.9 Å². The Morgan fingerprint density at radius 2 is 1.85 bits per heavy atom. The highest BCUT2D eigenvalue weighted by Gasteiger charge is 2.32. The quantitative estimate of drug-likeness (QED) is 0.605. The lowest BCUT2D eigenvalue weighted by Gasteiger charge is -2.30. The number of benzene rings is 2. The number of sulfonamides is 1. The minimum atomic E-state index is -3.51. The molecular weight excluding hydrogens is 436 g/mol. The number of fused-ring (bicyclic) bond motifs is 2. The predicted molar refractivity (Wildman–Crippen MR) is 127 cm³/mol. The molecule has 0 bridgehead atoms. The van der Waals surface area contributed by atoms with Crippen molar-refractivity contribution in [3.05, 3.63) is 59.4 Å². The Morgan fingerprint density at radius 3 is 2.67 bits per heavy atom. The zero-order chi connectivity index (χ0) is 23.0. The van der Waals surface area contributed by atoms with Crippen LogP contribution in [0.2, 0.25) is 0 Å². The Bertz CT molecular complexity index is 1290. The Morgan fingerprint density at radius 1 is 1.09 bits per heavy atom. The van der Waals surface area contributed by atoms with Crippen LogP contribution in [-0.2, 0) is 34.2 Å². The second kappa shape index (κ2) is 8.91. The third-order valence-electron chi connectivity index (χ3n) is 7.01. The monoisotopic (exact) mass is 466 g/mol. The lowest BCUT2D eigenvalue weighted by molar-refractivity contribution is -0.126. The van der Waals surface area contributed by atoms with Crippen LogP contribution in [0, 0.1) is 12.8 Å². The molecule has 1 amide bonds. The first-order valence-corrected chi connectivity index (χ1v) is 13.2. The molecule has 174 valence electrons. The number of carbonyl (C=O) groups is 1. The van der Waals surface area contributed by atoms with Gasteiger partial charge in [-0.2, -0.15) is 4.31 Å². The van der Waals surface area contributed by atoms with Crippen LogP contribution in [0.4, 0.5) is 0 Å². The van der Waals surface area contributed by atoms with Gasteiger partial charge in [-0.3, -0.25) is 4.79 Å². The fourth-order valence-electron chi connectivity index (χ4n) is 5.13. The number of hydrogen-bond donors (Lipinski definition) is 1. The van der Waals surface area contributed by atoms with E-state index in [9.17, 15) is 13.2 Å². The molecule has 5 rings (SSSR count). The molecule has 1 saturated heterocycles. The fourth-order valence-corrected chi connectivity index (χ4v) is 6.65. The van der Waals surface area contributed by atoms with E-state index in [1.807, 2.05) is 43.3 Å². The largest absolute Gasteiger partial charge is 0.354 e. The number of piperidine rings is 1. The number of carbonyl (C=O) groups excluding carboxylic acids is 1. The summed E-state index contributed by atoms with van der Waals surface area (Å²) in [5.41, 5.74) is 4.45. The fraction of sp³-hybridized carbons (Fsp3) is 0.440. The molecule has 1 N–H and O–H groups in total. The van der Waals surface area contributed by atoms with Gasteiger partial charge in [-0.25, -0.2) is 13.4 Å². The average molecular weight is 467 g/mol. The number of nitrogens with one attached hydrogen (secondary N) is 1. The smallest absolute Gasteiger partial charge is 0.243 e. The van der Waals surface area contributed by atoms with Gasteiger partial charge in [-0.1, -0.05) is 18.2 Å². The molecule has 2 heterocycles. The van der Waals surface area contributed by atoms with Gasteiger partial charge >= 0.3 is 0 Å². The van der Waals surface area contributed by atoms with E-state index in [0.29, 0.717) is 43.9 Å². The molecule has 2 aromatic carbocycles. The van der Waals surface area contributed by atoms with Crippen LogP contribution in [0.15, 0.2) is 47.4 Å². The summed E-state index contributed by atoms with van der Waals surface area (Å²) >= 11 is 0. The van der Waals surface area contributed by atoms with E-state index < -0.39 is 10.0 Å². The first kappa shape index (κ1) is 22.1. The van der Waals surface area contributed by atoms with Crippen LogP contribution < -0.4 is 5.32 Å². The van der Waals surface area contributed by atoms with Crippen LogP contribution in [0.5, 0.6) is 0 Å². The summed E-state index contributed by atoms with van der Waals surface area (Å²) in [6.07, 6.45) is 4.17. The standard InChI is InChI=1S/C25H30N4O3S/c1-18-27-23-7-2-3-8-24(23)29(18)16-13-26-25(30)20-11-14-28(15-12-20)33(31,32)22-10-9-19-5-4-6-21(19)17-22/h2-3,7-10,17,20H,4-6,11-16H2,1H3,(H,26,30). The average Bonchev–Trinajstić information content (AvgIpc) is 3.42. The van der Waals surface area contributed by atoms with Crippen LogP contribution in [0.25, 0.3) is 11.0 Å². The lowest BCUT2D eigenvalue weighted by Crippen LogP contribution is -2.43. The highest BCUT2D eigenvalue weighted by atomic mass is 32.2. The highest BCUT2D eigenvalue weighted by Crippen LogP contribution is 2.28. The second-order valence-electron chi connectivity index (χ2n) is 9.05. The van der Waals surface area contributed by atoms with Crippen molar-refractivity contribution in [2.75, 3.05) is 19.6 Å². The van der Waals surface area contributed by atoms with Gasteiger partial charge in [0.1, 0.15) is 5.82 Å². The van der Waals surface area contributed by atoms with Gasteiger partial charge in [-0.05, 0) is 74.4 Å². The third-order valence-corrected chi connectivity index (χ3v) is 8.91. The van der Waals surface area contributed by atoms with E-state index in [2.05, 4.69) is 14.9 Å². The molecule has 1 aromatic heterocycles. The van der Waals surface area contributed by atoms with E-state index in [0.717, 1.165) is 41.7 Å². The van der Waals surface area contributed by atoms with E-state index in [4.69, 9.17) is 0 Å². The molecule has 0 saturated carbocycles. The predicted octanol–water partition coefficient (Wildman–Crippen LogP) is 3.05. The summed E-state index contributed by atoms with van der Waals surface area (Å²) in [4.78, 5) is 17.7. The summed E-state index contributed by atoms with van der Waals surface area (Å²) in [5.74, 6) is 0.777. The Balaban J connectivity index is 1.15. The van der Waals surface area contributed by atoms with Crippen molar-refractivity contribution in [3.8, 4) is 0 Å². The molecule has 33 heavy (non-hydrogen) atoms. The Hall–Kier alpha value is -2.71. The molecule has 0 radical (unpaired) electrons. The number of hydrogen-bond acceptors (Lipinski definition) is 4. The molecule has 1 fully saturated rings. The van der Waals surface area contributed by atoms with Crippen molar-refractivity contribution in [3.63, 3.8) is 0 Å². The van der Waals surface area contributed by atoms with Crippen molar-refractivity contribution >= 4 is 27.0 Å². The topological polar surface area (TPSA) is 84.3 Å². The van der Waals surface area contributed by atoms with Crippen molar-refractivity contribution in [1.82, 2.24) is 19.2 Å². The molecule has 1 aliphatic heterocycles. The molecule has 1 aliphatic carbocycles. The normalized spacial score (nSPS) is 17.4. The summed E-state index contributed by atoms with van der Waals surface area (Å²) in [5, 5.41) is 3.04. The second-order valence-corrected chi connectivity index (χ2v) is 11.0.